The minimum atomic E-state index is 0.0382. The van der Waals surface area contributed by atoms with Crippen LogP contribution < -0.4 is 5.73 Å². The predicted molar refractivity (Wildman–Crippen MR) is 46.7 cm³/mol. The van der Waals surface area contributed by atoms with Crippen LogP contribution >= 0.6 is 21.6 Å². The van der Waals surface area contributed by atoms with Crippen LogP contribution in [-0.4, -0.2) is 17.0 Å². The first kappa shape index (κ1) is 7.76. The highest BCUT2D eigenvalue weighted by Gasteiger charge is 2.28. The summed E-state index contributed by atoms with van der Waals surface area (Å²) < 4.78 is 0. The van der Waals surface area contributed by atoms with Crippen molar-refractivity contribution in [1.82, 2.24) is 0 Å². The molecular weight excluding hydrogens is 150 g/mol. The van der Waals surface area contributed by atoms with Gasteiger partial charge in [-0.1, -0.05) is 21.6 Å². The number of hydrogen-bond donors (Lipinski definition) is 1. The molecule has 0 atom stereocenters. The van der Waals surface area contributed by atoms with E-state index in [1.165, 1.54) is 11.5 Å². The molecule has 0 radical (unpaired) electrons. The van der Waals surface area contributed by atoms with Crippen molar-refractivity contribution >= 4 is 21.6 Å². The molecule has 2 N–H and O–H groups in total. The molecular formula is C6H13NS2. The molecule has 0 spiro atoms. The maximum atomic E-state index is 5.91. The van der Waals surface area contributed by atoms with Crippen LogP contribution in [0, 0.1) is 5.92 Å². The van der Waals surface area contributed by atoms with E-state index in [9.17, 15) is 0 Å². The summed E-state index contributed by atoms with van der Waals surface area (Å²) in [4.78, 5) is 0. The van der Waals surface area contributed by atoms with Gasteiger partial charge in [0.2, 0.25) is 0 Å². The second-order valence-corrected chi connectivity index (χ2v) is 5.64. The van der Waals surface area contributed by atoms with Crippen molar-refractivity contribution in [1.29, 1.82) is 0 Å². The summed E-state index contributed by atoms with van der Waals surface area (Å²) in [6.07, 6.45) is 0. The summed E-state index contributed by atoms with van der Waals surface area (Å²) in [6.45, 7) is 4.23. The average Bonchev–Trinajstić information content (AvgIpc) is 2.08. The Morgan fingerprint density at radius 2 is 1.78 bits per heavy atom. The second kappa shape index (κ2) is 2.72. The zero-order valence-corrected chi connectivity index (χ0v) is 7.52. The van der Waals surface area contributed by atoms with Gasteiger partial charge in [0.15, 0.2) is 0 Å². The molecule has 54 valence electrons. The molecule has 0 saturated carbocycles. The van der Waals surface area contributed by atoms with Gasteiger partial charge in [-0.2, -0.15) is 0 Å². The molecule has 0 amide bonds. The van der Waals surface area contributed by atoms with Gasteiger partial charge in [0.25, 0.3) is 0 Å². The monoisotopic (exact) mass is 163 g/mol. The van der Waals surface area contributed by atoms with E-state index in [2.05, 4.69) is 13.8 Å². The highest BCUT2D eigenvalue weighted by molar-refractivity contribution is 8.77. The lowest BCUT2D eigenvalue weighted by Crippen LogP contribution is -2.42. The molecule has 1 aliphatic rings. The minimum absolute atomic E-state index is 0.0382. The van der Waals surface area contributed by atoms with Gasteiger partial charge in [0, 0.05) is 17.0 Å². The first-order valence-corrected chi connectivity index (χ1v) is 5.63. The molecule has 1 heterocycles. The zero-order chi connectivity index (χ0) is 6.91. The third-order valence-corrected chi connectivity index (χ3v) is 4.23. The lowest BCUT2D eigenvalue weighted by atomic mass is 9.92. The van der Waals surface area contributed by atoms with Gasteiger partial charge in [-0.05, 0) is 19.8 Å². The van der Waals surface area contributed by atoms with E-state index >= 15 is 0 Å². The highest BCUT2D eigenvalue weighted by Crippen LogP contribution is 2.38. The Morgan fingerprint density at radius 3 is 2.00 bits per heavy atom. The van der Waals surface area contributed by atoms with E-state index in [4.69, 9.17) is 5.73 Å². The Balaban J connectivity index is 2.42. The number of rotatable bonds is 1. The van der Waals surface area contributed by atoms with E-state index < -0.39 is 0 Å². The Kier molecular flexibility index (Phi) is 2.35. The van der Waals surface area contributed by atoms with Gasteiger partial charge >= 0.3 is 0 Å². The third-order valence-electron chi connectivity index (χ3n) is 1.67. The summed E-state index contributed by atoms with van der Waals surface area (Å²) in [5, 5.41) is 0. The van der Waals surface area contributed by atoms with Crippen LogP contribution in [0.3, 0.4) is 0 Å². The van der Waals surface area contributed by atoms with Crippen LogP contribution in [0.25, 0.3) is 0 Å². The topological polar surface area (TPSA) is 26.0 Å². The summed E-state index contributed by atoms with van der Waals surface area (Å²) >= 11 is 0. The Morgan fingerprint density at radius 1 is 1.33 bits per heavy atom. The summed E-state index contributed by atoms with van der Waals surface area (Å²) in [5.41, 5.74) is 5.95. The molecule has 0 unspecified atom stereocenters. The zero-order valence-electron chi connectivity index (χ0n) is 5.89. The van der Waals surface area contributed by atoms with Crippen molar-refractivity contribution in [2.45, 2.75) is 19.4 Å². The van der Waals surface area contributed by atoms with E-state index in [-0.39, 0.29) is 5.54 Å². The Bertz CT molecular complexity index is 91.7. The van der Waals surface area contributed by atoms with Crippen LogP contribution in [0.2, 0.25) is 0 Å². The average molecular weight is 163 g/mol. The van der Waals surface area contributed by atoms with Crippen molar-refractivity contribution in [3.8, 4) is 0 Å². The summed E-state index contributed by atoms with van der Waals surface area (Å²) in [7, 11) is 3.89. The van der Waals surface area contributed by atoms with E-state index in [1.807, 2.05) is 21.6 Å². The molecule has 3 heteroatoms. The molecule has 1 saturated heterocycles. The van der Waals surface area contributed by atoms with Gasteiger partial charge in [0.05, 0.1) is 0 Å². The predicted octanol–water partition coefficient (Wildman–Crippen LogP) is 1.73. The fourth-order valence-electron chi connectivity index (χ4n) is 0.738. The van der Waals surface area contributed by atoms with Crippen molar-refractivity contribution in [3.05, 3.63) is 0 Å². The number of hydrogen-bond acceptors (Lipinski definition) is 3. The molecule has 0 aromatic carbocycles. The van der Waals surface area contributed by atoms with Crippen molar-refractivity contribution in [3.63, 3.8) is 0 Å². The van der Waals surface area contributed by atoms with E-state index in [0.717, 1.165) is 0 Å². The van der Waals surface area contributed by atoms with Gasteiger partial charge in [0.1, 0.15) is 0 Å². The van der Waals surface area contributed by atoms with E-state index in [1.54, 1.807) is 0 Å². The first-order chi connectivity index (χ1) is 4.11. The third kappa shape index (κ3) is 2.06. The maximum absolute atomic E-state index is 5.91. The largest absolute Gasteiger partial charge is 0.325 e. The fraction of sp³-hybridized carbons (Fsp3) is 1.00. The molecule has 0 aromatic rings. The van der Waals surface area contributed by atoms with Crippen LogP contribution in [0.1, 0.15) is 13.8 Å². The maximum Gasteiger partial charge on any atom is 0.0142 e. The van der Waals surface area contributed by atoms with Gasteiger partial charge in [-0.25, -0.2) is 0 Å². The van der Waals surface area contributed by atoms with Crippen LogP contribution in [-0.2, 0) is 0 Å². The fourth-order valence-corrected chi connectivity index (χ4v) is 4.07. The van der Waals surface area contributed by atoms with Crippen molar-refractivity contribution < 1.29 is 0 Å². The lowest BCUT2D eigenvalue weighted by molar-refractivity contribution is 0.388. The SMILES string of the molecule is CC(C)(N)C1CSSC1. The van der Waals surface area contributed by atoms with Crippen LogP contribution in [0.4, 0.5) is 0 Å². The quantitative estimate of drug-likeness (QED) is 0.596. The molecule has 1 fully saturated rings. The second-order valence-electron chi connectivity index (χ2n) is 3.09. The van der Waals surface area contributed by atoms with Gasteiger partial charge in [-0.15, -0.1) is 0 Å². The molecule has 1 rings (SSSR count). The molecule has 1 nitrogen and oxygen atoms in total. The van der Waals surface area contributed by atoms with Crippen molar-refractivity contribution in [2.24, 2.45) is 11.7 Å². The summed E-state index contributed by atoms with van der Waals surface area (Å²) in [6, 6.07) is 0. The lowest BCUT2D eigenvalue weighted by Gasteiger charge is -2.24. The van der Waals surface area contributed by atoms with E-state index in [0.29, 0.717) is 5.92 Å². The van der Waals surface area contributed by atoms with Crippen LogP contribution in [0.15, 0.2) is 0 Å². The molecule has 0 aliphatic carbocycles. The van der Waals surface area contributed by atoms with Crippen molar-refractivity contribution in [2.75, 3.05) is 11.5 Å². The first-order valence-electron chi connectivity index (χ1n) is 3.14. The molecule has 1 aliphatic heterocycles. The highest BCUT2D eigenvalue weighted by atomic mass is 33.1. The Labute approximate surface area is 64.5 Å². The molecule has 9 heavy (non-hydrogen) atoms. The number of nitrogens with two attached hydrogens (primary N) is 1. The smallest absolute Gasteiger partial charge is 0.0142 e. The van der Waals surface area contributed by atoms with Gasteiger partial charge in [-0.3, -0.25) is 0 Å². The van der Waals surface area contributed by atoms with Crippen LogP contribution in [0.5, 0.6) is 0 Å². The minimum Gasteiger partial charge on any atom is -0.325 e. The molecule has 0 aromatic heterocycles. The van der Waals surface area contributed by atoms with Gasteiger partial charge < -0.3 is 5.73 Å². The standard InChI is InChI=1S/C6H13NS2/c1-6(2,7)5-3-8-9-4-5/h5H,3-4,7H2,1-2H3. The normalized spacial score (nSPS) is 23.0. The summed E-state index contributed by atoms with van der Waals surface area (Å²) in [5.74, 6) is 3.18. The Hall–Kier alpha value is 0.660. The molecule has 0 bridgehead atoms.